The van der Waals surface area contributed by atoms with E-state index < -0.39 is 11.4 Å². The van der Waals surface area contributed by atoms with Crippen LogP contribution in [0.15, 0.2) is 25.3 Å². The Bertz CT molecular complexity index is 162. The predicted molar refractivity (Wildman–Crippen MR) is 48.7 cm³/mol. The van der Waals surface area contributed by atoms with Crippen LogP contribution in [0, 0.1) is 0 Å². The molecule has 0 bridgehead atoms. The number of nitrogens with zero attached hydrogens (tertiary/aromatic N) is 1. The fourth-order valence-electron chi connectivity index (χ4n) is 0.665. The van der Waals surface area contributed by atoms with E-state index in [0.717, 1.165) is 0 Å². The Morgan fingerprint density at radius 3 is 2.25 bits per heavy atom. The molecule has 0 radical (unpaired) electrons. The minimum atomic E-state index is -2.20. The van der Waals surface area contributed by atoms with Crippen LogP contribution < -0.4 is 0 Å². The minimum Gasteiger partial charge on any atom is -0.284 e. The second-order valence-corrected chi connectivity index (χ2v) is 2.75. The highest BCUT2D eigenvalue weighted by Crippen LogP contribution is 1.91. The summed E-state index contributed by atoms with van der Waals surface area (Å²) in [5, 5.41) is 0. The number of hydrogen-bond acceptors (Lipinski definition) is 3. The highest BCUT2D eigenvalue weighted by molar-refractivity contribution is 7.74. The van der Waals surface area contributed by atoms with Crippen LogP contribution in [-0.4, -0.2) is 33.5 Å². The molecule has 1 atom stereocenters. The molecule has 70 valence electrons. The Hall–Kier alpha value is -0.490. The maximum Gasteiger partial charge on any atom is 0.303 e. The summed E-state index contributed by atoms with van der Waals surface area (Å²) in [6, 6.07) is 0. The molecule has 0 aromatic rings. The van der Waals surface area contributed by atoms with Gasteiger partial charge in [0, 0.05) is 13.1 Å². The van der Waals surface area contributed by atoms with E-state index in [-0.39, 0.29) is 6.73 Å². The van der Waals surface area contributed by atoms with E-state index in [1.54, 1.807) is 17.1 Å². The molecule has 0 amide bonds. The molecule has 0 aromatic heterocycles. The van der Waals surface area contributed by atoms with Crippen LogP contribution in [0.2, 0.25) is 0 Å². The topological polar surface area (TPSA) is 49.8 Å². The van der Waals surface area contributed by atoms with Crippen LogP contribution in [0.5, 0.6) is 0 Å². The third kappa shape index (κ3) is 6.23. The summed E-state index contributed by atoms with van der Waals surface area (Å²) in [5.74, 6) is 0. The Balaban J connectivity index is 3.68. The van der Waals surface area contributed by atoms with Gasteiger partial charge in [0.2, 0.25) is 0 Å². The van der Waals surface area contributed by atoms with E-state index >= 15 is 0 Å². The molecule has 1 unspecified atom stereocenters. The smallest absolute Gasteiger partial charge is 0.284 e. The molecule has 0 aromatic carbocycles. The molecular formula is C7H13NO3S. The molecule has 0 saturated carbocycles. The largest absolute Gasteiger partial charge is 0.303 e. The minimum absolute atomic E-state index is 0.0984. The quantitative estimate of drug-likeness (QED) is 0.367. The predicted octanol–water partition coefficient (Wildman–Crippen LogP) is 0.771. The lowest BCUT2D eigenvalue weighted by Crippen LogP contribution is -2.27. The molecule has 0 aliphatic carbocycles. The molecule has 0 saturated heterocycles. The molecule has 4 nitrogen and oxygen atoms in total. The zero-order chi connectivity index (χ0) is 9.40. The van der Waals surface area contributed by atoms with Gasteiger partial charge in [0.15, 0.2) is 0 Å². The Morgan fingerprint density at radius 1 is 1.42 bits per heavy atom. The van der Waals surface area contributed by atoms with E-state index in [1.807, 2.05) is 0 Å². The maximum absolute atomic E-state index is 10.1. The van der Waals surface area contributed by atoms with Crippen molar-refractivity contribution in [3.63, 3.8) is 0 Å². The first-order chi connectivity index (χ1) is 5.70. The Labute approximate surface area is 75.0 Å². The van der Waals surface area contributed by atoms with Gasteiger partial charge in [-0.3, -0.25) is 13.6 Å². The van der Waals surface area contributed by atoms with E-state index in [0.29, 0.717) is 13.1 Å². The van der Waals surface area contributed by atoms with Crippen molar-refractivity contribution < 1.29 is 12.9 Å². The van der Waals surface area contributed by atoms with Crippen LogP contribution in [0.3, 0.4) is 0 Å². The fourth-order valence-corrected chi connectivity index (χ4v) is 0.904. The second-order valence-electron chi connectivity index (χ2n) is 2.08. The van der Waals surface area contributed by atoms with Crippen molar-refractivity contribution in [3.8, 4) is 0 Å². The zero-order valence-electron chi connectivity index (χ0n) is 6.81. The molecule has 5 heteroatoms. The molecule has 1 N–H and O–H groups in total. The molecule has 0 heterocycles. The van der Waals surface area contributed by atoms with Crippen molar-refractivity contribution in [2.45, 2.75) is 0 Å². The van der Waals surface area contributed by atoms with Crippen LogP contribution >= 0.6 is 0 Å². The van der Waals surface area contributed by atoms with E-state index in [9.17, 15) is 4.21 Å². The first kappa shape index (κ1) is 11.5. The monoisotopic (exact) mass is 191 g/mol. The third-order valence-electron chi connectivity index (χ3n) is 1.11. The molecule has 12 heavy (non-hydrogen) atoms. The Kier molecular flexibility index (Phi) is 6.88. The van der Waals surface area contributed by atoms with Crippen molar-refractivity contribution in [1.29, 1.82) is 0 Å². The molecule has 0 spiro atoms. The van der Waals surface area contributed by atoms with Gasteiger partial charge in [0.1, 0.15) is 6.73 Å². The normalized spacial score (nSPS) is 12.8. The summed E-state index contributed by atoms with van der Waals surface area (Å²) in [5.41, 5.74) is 0. The number of hydrogen-bond donors (Lipinski definition) is 1. The standard InChI is InChI=1S/C7H13NO3S/c1-3-5-8(6-4-2)7-11-12(9)10/h3-4H,1-2,5-7H2,(H,9,10). The van der Waals surface area contributed by atoms with Crippen LogP contribution in [0.25, 0.3) is 0 Å². The third-order valence-corrected chi connectivity index (χ3v) is 1.42. The van der Waals surface area contributed by atoms with Gasteiger partial charge in [-0.25, -0.2) is 0 Å². The lowest BCUT2D eigenvalue weighted by Gasteiger charge is -2.16. The molecule has 0 fully saturated rings. The Morgan fingerprint density at radius 2 is 1.92 bits per heavy atom. The van der Waals surface area contributed by atoms with Gasteiger partial charge in [-0.1, -0.05) is 12.2 Å². The summed E-state index contributed by atoms with van der Waals surface area (Å²) in [6.45, 7) is 8.38. The first-order valence-electron chi connectivity index (χ1n) is 3.39. The highest BCUT2D eigenvalue weighted by atomic mass is 32.2. The first-order valence-corrected chi connectivity index (χ1v) is 4.42. The summed E-state index contributed by atoms with van der Waals surface area (Å²) in [7, 11) is 0. The van der Waals surface area contributed by atoms with Gasteiger partial charge in [-0.2, -0.15) is 4.21 Å². The maximum atomic E-state index is 10.1. The molecule has 0 aliphatic heterocycles. The van der Waals surface area contributed by atoms with Crippen molar-refractivity contribution >= 4 is 11.4 Å². The lowest BCUT2D eigenvalue weighted by molar-refractivity contribution is 0.153. The molecule has 0 aliphatic rings. The highest BCUT2D eigenvalue weighted by Gasteiger charge is 2.01. The van der Waals surface area contributed by atoms with Crippen LogP contribution in [-0.2, 0) is 15.5 Å². The fraction of sp³-hybridized carbons (Fsp3) is 0.429. The van der Waals surface area contributed by atoms with Gasteiger partial charge in [0.05, 0.1) is 0 Å². The second kappa shape index (κ2) is 7.17. The van der Waals surface area contributed by atoms with Crippen molar-refractivity contribution in [2.75, 3.05) is 19.8 Å². The van der Waals surface area contributed by atoms with Crippen LogP contribution in [0.1, 0.15) is 0 Å². The van der Waals surface area contributed by atoms with Crippen molar-refractivity contribution in [2.24, 2.45) is 0 Å². The van der Waals surface area contributed by atoms with E-state index in [2.05, 4.69) is 17.3 Å². The van der Waals surface area contributed by atoms with Crippen molar-refractivity contribution in [3.05, 3.63) is 25.3 Å². The van der Waals surface area contributed by atoms with Gasteiger partial charge in [-0.15, -0.1) is 13.2 Å². The van der Waals surface area contributed by atoms with Gasteiger partial charge >= 0.3 is 11.4 Å². The van der Waals surface area contributed by atoms with Crippen LogP contribution in [0.4, 0.5) is 0 Å². The summed E-state index contributed by atoms with van der Waals surface area (Å²) < 4.78 is 22.9. The van der Waals surface area contributed by atoms with Gasteiger partial charge < -0.3 is 0 Å². The molecular weight excluding hydrogens is 178 g/mol. The zero-order valence-corrected chi connectivity index (χ0v) is 7.63. The van der Waals surface area contributed by atoms with Gasteiger partial charge in [0.25, 0.3) is 0 Å². The average molecular weight is 191 g/mol. The van der Waals surface area contributed by atoms with Crippen molar-refractivity contribution in [1.82, 2.24) is 4.90 Å². The molecule has 0 rings (SSSR count). The van der Waals surface area contributed by atoms with Gasteiger partial charge in [-0.05, 0) is 0 Å². The average Bonchev–Trinajstić information content (AvgIpc) is 2.01. The lowest BCUT2D eigenvalue weighted by atomic mass is 10.5. The van der Waals surface area contributed by atoms with E-state index in [1.165, 1.54) is 0 Å². The SMILES string of the molecule is C=CCN(CC=C)COS(=O)O. The summed E-state index contributed by atoms with van der Waals surface area (Å²) in [4.78, 5) is 1.77. The van der Waals surface area contributed by atoms with E-state index in [4.69, 9.17) is 4.55 Å². The number of rotatable bonds is 7. The summed E-state index contributed by atoms with van der Waals surface area (Å²) >= 11 is -2.20. The summed E-state index contributed by atoms with van der Waals surface area (Å²) in [6.07, 6.45) is 3.38.